The lowest BCUT2D eigenvalue weighted by molar-refractivity contribution is -0.114. The predicted octanol–water partition coefficient (Wildman–Crippen LogP) is 7.31. The summed E-state index contributed by atoms with van der Waals surface area (Å²) in [5.74, 6) is -0.624. The van der Waals surface area contributed by atoms with Crippen LogP contribution >= 0.6 is 11.8 Å². The molecule has 39 heavy (non-hydrogen) atoms. The Morgan fingerprint density at radius 1 is 0.949 bits per heavy atom. The molecule has 6 rings (SSSR count). The summed E-state index contributed by atoms with van der Waals surface area (Å²) in [5, 5.41) is 3.19. The van der Waals surface area contributed by atoms with Crippen LogP contribution in [0, 0.1) is 5.82 Å². The van der Waals surface area contributed by atoms with E-state index < -0.39 is 0 Å². The Morgan fingerprint density at radius 3 is 2.54 bits per heavy atom. The lowest BCUT2D eigenvalue weighted by Crippen LogP contribution is -2.34. The standard InChI is InChI=1S/C33H27FN2O2S/c34-27-12-4-2-9-25(27)21-36-29-14-5-6-15-30(29)39-31(33(36)38)20-22-16-18-24(19-17-22)32(37)35-28-13-7-10-23-8-1-3-11-26(23)28/h1-6,8-9,11-12,14-20,28H,7,10,13,21H2,(H,35,37). The van der Waals surface area contributed by atoms with Gasteiger partial charge in [0.2, 0.25) is 0 Å². The van der Waals surface area contributed by atoms with Gasteiger partial charge in [-0.05, 0) is 72.4 Å². The quantitative estimate of drug-likeness (QED) is 0.273. The molecule has 1 atom stereocenters. The second kappa shape index (κ2) is 10.9. The molecule has 0 aromatic heterocycles. The maximum absolute atomic E-state index is 14.4. The van der Waals surface area contributed by atoms with E-state index in [-0.39, 0.29) is 30.2 Å². The monoisotopic (exact) mass is 534 g/mol. The van der Waals surface area contributed by atoms with Crippen LogP contribution < -0.4 is 10.2 Å². The number of fused-ring (bicyclic) bond motifs is 2. The number of nitrogens with zero attached hydrogens (tertiary/aromatic N) is 1. The number of rotatable bonds is 5. The van der Waals surface area contributed by atoms with Crippen molar-refractivity contribution in [1.29, 1.82) is 0 Å². The van der Waals surface area contributed by atoms with Gasteiger partial charge in [0.25, 0.3) is 11.8 Å². The molecule has 2 amide bonds. The Balaban J connectivity index is 1.22. The predicted molar refractivity (Wildman–Crippen MR) is 154 cm³/mol. The molecule has 1 aliphatic heterocycles. The van der Waals surface area contributed by atoms with Gasteiger partial charge in [-0.15, -0.1) is 0 Å². The van der Waals surface area contributed by atoms with Crippen molar-refractivity contribution in [2.75, 3.05) is 4.90 Å². The van der Waals surface area contributed by atoms with Crippen LogP contribution in [0.25, 0.3) is 6.08 Å². The number of thioether (sulfide) groups is 1. The molecular weight excluding hydrogens is 507 g/mol. The molecule has 1 aliphatic carbocycles. The Labute approximate surface area is 231 Å². The van der Waals surface area contributed by atoms with E-state index in [1.807, 2.05) is 54.6 Å². The first-order chi connectivity index (χ1) is 19.1. The fourth-order valence-electron chi connectivity index (χ4n) is 5.24. The number of aryl methyl sites for hydroxylation is 1. The minimum atomic E-state index is -0.336. The van der Waals surface area contributed by atoms with E-state index in [9.17, 15) is 14.0 Å². The molecule has 1 heterocycles. The molecule has 4 aromatic rings. The number of halogens is 1. The van der Waals surface area contributed by atoms with Crippen molar-refractivity contribution in [2.45, 2.75) is 36.7 Å². The second-order valence-corrected chi connectivity index (χ2v) is 10.9. The van der Waals surface area contributed by atoms with E-state index in [0.29, 0.717) is 16.0 Å². The van der Waals surface area contributed by atoms with Crippen LogP contribution in [0.1, 0.15) is 51.5 Å². The molecular formula is C33H27FN2O2S. The third-order valence-corrected chi connectivity index (χ3v) is 8.34. The summed E-state index contributed by atoms with van der Waals surface area (Å²) in [7, 11) is 0. The molecule has 2 aliphatic rings. The normalized spacial score (nSPS) is 17.5. The van der Waals surface area contributed by atoms with E-state index in [1.165, 1.54) is 29.0 Å². The van der Waals surface area contributed by atoms with Crippen molar-refractivity contribution in [2.24, 2.45) is 0 Å². The van der Waals surface area contributed by atoms with Gasteiger partial charge in [-0.2, -0.15) is 0 Å². The number of para-hydroxylation sites is 1. The van der Waals surface area contributed by atoms with Gasteiger partial charge in [-0.3, -0.25) is 9.59 Å². The average molecular weight is 535 g/mol. The van der Waals surface area contributed by atoms with E-state index >= 15 is 0 Å². The van der Waals surface area contributed by atoms with Gasteiger partial charge >= 0.3 is 0 Å². The molecule has 0 radical (unpaired) electrons. The van der Waals surface area contributed by atoms with Crippen LogP contribution in [0.4, 0.5) is 10.1 Å². The lowest BCUT2D eigenvalue weighted by Gasteiger charge is -2.30. The van der Waals surface area contributed by atoms with E-state index in [4.69, 9.17) is 0 Å². The number of benzene rings is 4. The molecule has 1 unspecified atom stereocenters. The van der Waals surface area contributed by atoms with Crippen molar-refractivity contribution in [3.8, 4) is 0 Å². The summed E-state index contributed by atoms with van der Waals surface area (Å²) in [6.45, 7) is 0.143. The number of hydrogen-bond donors (Lipinski definition) is 1. The first kappa shape index (κ1) is 25.1. The van der Waals surface area contributed by atoms with Crippen molar-refractivity contribution in [3.63, 3.8) is 0 Å². The Bertz CT molecular complexity index is 1580. The van der Waals surface area contributed by atoms with Crippen LogP contribution in [0.3, 0.4) is 0 Å². The van der Waals surface area contributed by atoms with Crippen molar-refractivity contribution < 1.29 is 14.0 Å². The smallest absolute Gasteiger partial charge is 0.265 e. The highest BCUT2D eigenvalue weighted by atomic mass is 32.2. The molecule has 0 saturated carbocycles. The highest BCUT2D eigenvalue weighted by molar-refractivity contribution is 8.04. The zero-order chi connectivity index (χ0) is 26.8. The molecule has 0 fully saturated rings. The highest BCUT2D eigenvalue weighted by Gasteiger charge is 2.29. The molecule has 194 valence electrons. The zero-order valence-corrected chi connectivity index (χ0v) is 22.1. The van der Waals surface area contributed by atoms with E-state index in [0.717, 1.165) is 35.4 Å². The number of carbonyl (C=O) groups is 2. The van der Waals surface area contributed by atoms with Gasteiger partial charge in [0.05, 0.1) is 23.2 Å². The summed E-state index contributed by atoms with van der Waals surface area (Å²) in [5.41, 5.74) is 5.12. The summed E-state index contributed by atoms with van der Waals surface area (Å²) < 4.78 is 14.4. The number of amides is 2. The summed E-state index contributed by atoms with van der Waals surface area (Å²) in [6.07, 6.45) is 4.86. The van der Waals surface area contributed by atoms with Crippen LogP contribution in [0.5, 0.6) is 0 Å². The maximum Gasteiger partial charge on any atom is 0.265 e. The van der Waals surface area contributed by atoms with Gasteiger partial charge in [0.15, 0.2) is 0 Å². The summed E-state index contributed by atoms with van der Waals surface area (Å²) in [6, 6.07) is 29.8. The SMILES string of the molecule is O=C(NC1CCCc2ccccc21)c1ccc(C=C2Sc3ccccc3N(Cc3ccccc3F)C2=O)cc1. The van der Waals surface area contributed by atoms with Crippen LogP contribution in [-0.4, -0.2) is 11.8 Å². The Morgan fingerprint density at radius 2 is 1.69 bits per heavy atom. The molecule has 1 N–H and O–H groups in total. The topological polar surface area (TPSA) is 49.4 Å². The number of anilines is 1. The van der Waals surface area contributed by atoms with Gasteiger partial charge in [-0.1, -0.05) is 78.5 Å². The van der Waals surface area contributed by atoms with Crippen LogP contribution in [0.15, 0.2) is 107 Å². The van der Waals surface area contributed by atoms with Gasteiger partial charge in [-0.25, -0.2) is 4.39 Å². The Kier molecular flexibility index (Phi) is 7.03. The lowest BCUT2D eigenvalue weighted by atomic mass is 9.87. The fourth-order valence-corrected chi connectivity index (χ4v) is 6.30. The minimum absolute atomic E-state index is 0.0148. The molecule has 0 saturated heterocycles. The number of hydrogen-bond acceptors (Lipinski definition) is 3. The number of nitrogens with one attached hydrogen (secondary N) is 1. The van der Waals surface area contributed by atoms with Gasteiger partial charge < -0.3 is 10.2 Å². The second-order valence-electron chi connectivity index (χ2n) is 9.80. The Hall–Kier alpha value is -4.16. The highest BCUT2D eigenvalue weighted by Crippen LogP contribution is 2.42. The molecule has 0 spiro atoms. The third-order valence-electron chi connectivity index (χ3n) is 7.26. The third kappa shape index (κ3) is 5.25. The summed E-state index contributed by atoms with van der Waals surface area (Å²) >= 11 is 1.40. The molecule has 0 bridgehead atoms. The maximum atomic E-state index is 14.4. The van der Waals surface area contributed by atoms with Crippen molar-refractivity contribution in [1.82, 2.24) is 5.32 Å². The van der Waals surface area contributed by atoms with Gasteiger partial charge in [0, 0.05) is 16.0 Å². The average Bonchev–Trinajstić information content (AvgIpc) is 2.97. The van der Waals surface area contributed by atoms with Crippen LogP contribution in [0.2, 0.25) is 0 Å². The number of carbonyl (C=O) groups excluding carboxylic acids is 2. The van der Waals surface area contributed by atoms with Crippen LogP contribution in [-0.2, 0) is 17.8 Å². The van der Waals surface area contributed by atoms with Crippen molar-refractivity contribution in [3.05, 3.63) is 136 Å². The van der Waals surface area contributed by atoms with E-state index in [2.05, 4.69) is 17.4 Å². The van der Waals surface area contributed by atoms with E-state index in [1.54, 1.807) is 35.2 Å². The minimum Gasteiger partial charge on any atom is -0.345 e. The van der Waals surface area contributed by atoms with Crippen molar-refractivity contribution >= 4 is 35.3 Å². The zero-order valence-electron chi connectivity index (χ0n) is 21.3. The first-order valence-electron chi connectivity index (χ1n) is 13.1. The molecule has 6 heteroatoms. The largest absolute Gasteiger partial charge is 0.345 e. The van der Waals surface area contributed by atoms with Gasteiger partial charge in [0.1, 0.15) is 5.82 Å². The molecule has 4 aromatic carbocycles. The first-order valence-corrected chi connectivity index (χ1v) is 13.9. The summed E-state index contributed by atoms with van der Waals surface area (Å²) in [4.78, 5) is 29.7. The molecule has 4 nitrogen and oxygen atoms in total. The fraction of sp³-hybridized carbons (Fsp3) is 0.152.